The fourth-order valence-corrected chi connectivity index (χ4v) is 4.52. The van der Waals surface area contributed by atoms with Crippen LogP contribution in [-0.2, 0) is 4.74 Å². The van der Waals surface area contributed by atoms with Crippen LogP contribution in [0.3, 0.4) is 0 Å². The summed E-state index contributed by atoms with van der Waals surface area (Å²) in [4.78, 5) is 4.86. The van der Waals surface area contributed by atoms with Crippen LogP contribution < -0.4 is 4.74 Å². The predicted molar refractivity (Wildman–Crippen MR) is 127 cm³/mol. The number of hydrogen-bond donors (Lipinski definition) is 1. The lowest BCUT2D eigenvalue weighted by atomic mass is 9.98. The fourth-order valence-electron chi connectivity index (χ4n) is 4.52. The van der Waals surface area contributed by atoms with E-state index in [1.54, 1.807) is 0 Å². The first-order valence-corrected chi connectivity index (χ1v) is 11.6. The number of β-amino-alcohol motifs (C(OH)–C–C–N with tert-alkyl or cyclic N) is 1. The van der Waals surface area contributed by atoms with Crippen LogP contribution in [0.5, 0.6) is 5.75 Å². The molecule has 0 radical (unpaired) electrons. The molecule has 168 valence electrons. The third-order valence-electron chi connectivity index (χ3n) is 6.15. The summed E-state index contributed by atoms with van der Waals surface area (Å²) >= 11 is 0. The van der Waals surface area contributed by atoms with Gasteiger partial charge in [0.1, 0.15) is 18.5 Å². The highest BCUT2D eigenvalue weighted by Gasteiger charge is 2.20. The Kier molecular flexibility index (Phi) is 7.62. The van der Waals surface area contributed by atoms with Crippen LogP contribution in [0.2, 0.25) is 0 Å². The summed E-state index contributed by atoms with van der Waals surface area (Å²) in [6.45, 7) is 12.4. The molecule has 2 aromatic rings. The summed E-state index contributed by atoms with van der Waals surface area (Å²) < 4.78 is 11.3. The second-order valence-corrected chi connectivity index (χ2v) is 9.24. The van der Waals surface area contributed by atoms with Gasteiger partial charge in [-0.3, -0.25) is 4.90 Å². The average molecular weight is 425 g/mol. The van der Waals surface area contributed by atoms with E-state index in [0.717, 1.165) is 56.9 Å². The van der Waals surface area contributed by atoms with Crippen LogP contribution in [0.4, 0.5) is 0 Å². The molecule has 1 N–H and O–H groups in total. The van der Waals surface area contributed by atoms with Crippen molar-refractivity contribution in [2.24, 2.45) is 5.92 Å². The Hall–Kier alpha value is -1.92. The molecular formula is C26H36N2O3. The van der Waals surface area contributed by atoms with Gasteiger partial charge in [-0.15, -0.1) is 0 Å². The van der Waals surface area contributed by atoms with E-state index in [1.807, 2.05) is 6.07 Å². The van der Waals surface area contributed by atoms with Gasteiger partial charge in [0, 0.05) is 39.3 Å². The Morgan fingerprint density at radius 3 is 2.39 bits per heavy atom. The van der Waals surface area contributed by atoms with E-state index in [1.165, 1.54) is 16.5 Å². The molecule has 2 heterocycles. The molecule has 4 rings (SSSR count). The van der Waals surface area contributed by atoms with E-state index in [9.17, 15) is 5.11 Å². The Morgan fingerprint density at radius 2 is 1.68 bits per heavy atom. The molecule has 0 saturated carbocycles. The molecule has 0 bridgehead atoms. The smallest absolute Gasteiger partial charge is 0.120 e. The maximum atomic E-state index is 10.5. The number of hydrogen-bond acceptors (Lipinski definition) is 5. The zero-order valence-corrected chi connectivity index (χ0v) is 18.9. The van der Waals surface area contributed by atoms with Gasteiger partial charge in [-0.1, -0.05) is 38.1 Å². The molecule has 0 aromatic heterocycles. The summed E-state index contributed by atoms with van der Waals surface area (Å²) in [5.74, 6) is 1.52. The number of ether oxygens (including phenoxy) is 2. The molecule has 1 unspecified atom stereocenters. The number of aliphatic hydroxyl groups is 1. The zero-order chi connectivity index (χ0) is 21.6. The third kappa shape index (κ3) is 6.30. The lowest BCUT2D eigenvalue weighted by Crippen LogP contribution is -2.49. The van der Waals surface area contributed by atoms with Crippen molar-refractivity contribution in [3.05, 3.63) is 48.0 Å². The topological polar surface area (TPSA) is 45.2 Å². The third-order valence-corrected chi connectivity index (χ3v) is 6.15. The largest absolute Gasteiger partial charge is 0.491 e. The maximum absolute atomic E-state index is 10.5. The lowest BCUT2D eigenvalue weighted by Gasteiger charge is -2.36. The minimum absolute atomic E-state index is 0.322. The van der Waals surface area contributed by atoms with Gasteiger partial charge >= 0.3 is 0 Å². The summed E-state index contributed by atoms with van der Waals surface area (Å²) in [5, 5.41) is 12.8. The van der Waals surface area contributed by atoms with E-state index in [2.05, 4.69) is 60.1 Å². The fraction of sp³-hybridized carbons (Fsp3) is 0.538. The highest BCUT2D eigenvalue weighted by molar-refractivity contribution is 5.87. The van der Waals surface area contributed by atoms with E-state index in [-0.39, 0.29) is 0 Å². The highest BCUT2D eigenvalue weighted by Crippen LogP contribution is 2.27. The standard InChI is InChI=1S/C26H36N2O3/c1-20(2)17-27-9-11-28(12-10-27)18-25(29)19-31-26-6-5-23-15-22(3-4-24(23)16-26)21-7-13-30-14-8-21/h3-7,15-16,20,25,29H,8-14,17-19H2,1-2H3. The van der Waals surface area contributed by atoms with Crippen LogP contribution in [-0.4, -0.2) is 80.1 Å². The molecule has 1 saturated heterocycles. The second-order valence-electron chi connectivity index (χ2n) is 9.24. The lowest BCUT2D eigenvalue weighted by molar-refractivity contribution is 0.0440. The number of nitrogens with zero attached hydrogens (tertiary/aromatic N) is 2. The van der Waals surface area contributed by atoms with Crippen LogP contribution in [0, 0.1) is 5.92 Å². The quantitative estimate of drug-likeness (QED) is 0.701. The second kappa shape index (κ2) is 10.6. The molecule has 5 heteroatoms. The van der Waals surface area contributed by atoms with Crippen molar-refractivity contribution in [2.75, 3.05) is 59.1 Å². The van der Waals surface area contributed by atoms with E-state index in [4.69, 9.17) is 9.47 Å². The Labute approximate surface area is 186 Å². The number of piperazine rings is 1. The molecule has 2 aromatic carbocycles. The van der Waals surface area contributed by atoms with Gasteiger partial charge in [0.25, 0.3) is 0 Å². The summed E-state index contributed by atoms with van der Waals surface area (Å²) in [7, 11) is 0. The Bertz CT molecular complexity index is 887. The van der Waals surface area contributed by atoms with Crippen LogP contribution >= 0.6 is 0 Å². The average Bonchev–Trinajstić information content (AvgIpc) is 2.79. The molecule has 1 fully saturated rings. The normalized spacial score (nSPS) is 19.5. The van der Waals surface area contributed by atoms with Gasteiger partial charge in [0.15, 0.2) is 0 Å². The van der Waals surface area contributed by atoms with Gasteiger partial charge in [-0.2, -0.15) is 0 Å². The molecule has 2 aliphatic heterocycles. The summed E-state index contributed by atoms with van der Waals surface area (Å²) in [6, 6.07) is 12.7. The van der Waals surface area contributed by atoms with Crippen molar-refractivity contribution in [3.63, 3.8) is 0 Å². The molecule has 0 aliphatic carbocycles. The number of fused-ring (bicyclic) bond motifs is 1. The molecular weight excluding hydrogens is 388 g/mol. The van der Waals surface area contributed by atoms with Gasteiger partial charge < -0.3 is 19.5 Å². The van der Waals surface area contributed by atoms with Crippen molar-refractivity contribution in [2.45, 2.75) is 26.4 Å². The zero-order valence-electron chi connectivity index (χ0n) is 18.9. The van der Waals surface area contributed by atoms with Crippen molar-refractivity contribution in [3.8, 4) is 5.75 Å². The predicted octanol–water partition coefficient (Wildman–Crippen LogP) is 3.66. The number of rotatable bonds is 8. The minimum Gasteiger partial charge on any atom is -0.491 e. The first-order valence-electron chi connectivity index (χ1n) is 11.6. The van der Waals surface area contributed by atoms with Crippen LogP contribution in [0.1, 0.15) is 25.8 Å². The molecule has 1 atom stereocenters. The number of benzene rings is 2. The minimum atomic E-state index is -0.477. The van der Waals surface area contributed by atoms with Crippen molar-refractivity contribution in [1.29, 1.82) is 0 Å². The van der Waals surface area contributed by atoms with Crippen molar-refractivity contribution < 1.29 is 14.6 Å². The first-order chi connectivity index (χ1) is 15.1. The molecule has 0 amide bonds. The Balaban J connectivity index is 1.27. The van der Waals surface area contributed by atoms with E-state index < -0.39 is 6.10 Å². The van der Waals surface area contributed by atoms with E-state index >= 15 is 0 Å². The van der Waals surface area contributed by atoms with Gasteiger partial charge in [-0.05, 0) is 52.4 Å². The van der Waals surface area contributed by atoms with Gasteiger partial charge in [0.05, 0.1) is 13.2 Å². The molecule has 31 heavy (non-hydrogen) atoms. The Morgan fingerprint density at radius 1 is 0.968 bits per heavy atom. The van der Waals surface area contributed by atoms with Gasteiger partial charge in [0.2, 0.25) is 0 Å². The molecule has 0 spiro atoms. The SMILES string of the molecule is CC(C)CN1CCN(CC(O)COc2ccc3cc(C4=CCOCC4)ccc3c2)CC1. The van der Waals surface area contributed by atoms with E-state index in [0.29, 0.717) is 25.7 Å². The van der Waals surface area contributed by atoms with Crippen molar-refractivity contribution in [1.82, 2.24) is 9.80 Å². The first kappa shape index (κ1) is 22.3. The molecule has 2 aliphatic rings. The highest BCUT2D eigenvalue weighted by atomic mass is 16.5. The summed E-state index contributed by atoms with van der Waals surface area (Å²) in [6.07, 6.45) is 2.67. The monoisotopic (exact) mass is 424 g/mol. The van der Waals surface area contributed by atoms with Crippen LogP contribution in [0.15, 0.2) is 42.5 Å². The number of aliphatic hydroxyl groups excluding tert-OH is 1. The van der Waals surface area contributed by atoms with Crippen molar-refractivity contribution >= 4 is 16.3 Å². The summed E-state index contributed by atoms with van der Waals surface area (Å²) in [5.41, 5.74) is 2.63. The van der Waals surface area contributed by atoms with Crippen LogP contribution in [0.25, 0.3) is 16.3 Å². The maximum Gasteiger partial charge on any atom is 0.120 e. The molecule has 5 nitrogen and oxygen atoms in total. The van der Waals surface area contributed by atoms with Gasteiger partial charge in [-0.25, -0.2) is 0 Å².